The summed E-state index contributed by atoms with van der Waals surface area (Å²) in [5.41, 5.74) is 1.65. The molecule has 0 aliphatic carbocycles. The molecule has 0 saturated heterocycles. The second-order valence-electron chi connectivity index (χ2n) is 5.02. The first-order valence-corrected chi connectivity index (χ1v) is 9.62. The number of hydrogen-bond acceptors (Lipinski definition) is 4. The molecule has 3 rings (SSSR count). The summed E-state index contributed by atoms with van der Waals surface area (Å²) in [7, 11) is -4.86. The molecule has 0 amide bonds. The van der Waals surface area contributed by atoms with Crippen molar-refractivity contribution in [2.45, 2.75) is 21.3 Å². The minimum atomic E-state index is -3.69. The van der Waals surface area contributed by atoms with E-state index in [1.807, 2.05) is 0 Å². The van der Waals surface area contributed by atoms with Gasteiger partial charge in [0.25, 0.3) is 0 Å². The van der Waals surface area contributed by atoms with Gasteiger partial charge in [0.2, 0.25) is 9.84 Å². The molecule has 114 valence electrons. The Bertz CT molecular complexity index is 912. The van der Waals surface area contributed by atoms with E-state index in [4.69, 9.17) is 0 Å². The molecule has 0 spiro atoms. The predicted octanol–water partition coefficient (Wildman–Crippen LogP) is 2.23. The summed E-state index contributed by atoms with van der Waals surface area (Å²) >= 11 is 0. The number of aliphatic hydroxyl groups excluding tert-OH is 1. The molecule has 22 heavy (non-hydrogen) atoms. The van der Waals surface area contributed by atoms with Crippen molar-refractivity contribution >= 4 is 32.8 Å². The molecule has 2 aromatic rings. The summed E-state index contributed by atoms with van der Waals surface area (Å²) < 4.78 is 37.3. The van der Waals surface area contributed by atoms with Crippen molar-refractivity contribution in [3.63, 3.8) is 0 Å². The Morgan fingerprint density at radius 3 is 2.41 bits per heavy atom. The number of sulfone groups is 1. The van der Waals surface area contributed by atoms with Crippen LogP contribution in [-0.4, -0.2) is 24.0 Å². The Kier molecular flexibility index (Phi) is 3.76. The van der Waals surface area contributed by atoms with Gasteiger partial charge in [0.1, 0.15) is 0 Å². The number of benzene rings is 2. The van der Waals surface area contributed by atoms with Crippen LogP contribution in [-0.2, 0) is 27.2 Å². The smallest absolute Gasteiger partial charge is 0.207 e. The van der Waals surface area contributed by atoms with Crippen molar-refractivity contribution in [1.82, 2.24) is 0 Å². The molecule has 1 N–H and O–H groups in total. The first-order valence-electron chi connectivity index (χ1n) is 6.58. The van der Waals surface area contributed by atoms with Crippen LogP contribution in [0.15, 0.2) is 51.1 Å². The highest BCUT2D eigenvalue weighted by molar-refractivity contribution is 7.91. The van der Waals surface area contributed by atoms with Gasteiger partial charge in [-0.05, 0) is 41.0 Å². The number of hydrogen-bond donors (Lipinski definition) is 1. The van der Waals surface area contributed by atoms with E-state index in [-0.39, 0.29) is 16.4 Å². The summed E-state index contributed by atoms with van der Waals surface area (Å²) in [5.74, 6) is 0. The van der Waals surface area contributed by atoms with Gasteiger partial charge < -0.3 is 5.11 Å². The van der Waals surface area contributed by atoms with E-state index < -0.39 is 20.6 Å². The number of rotatable bonds is 2. The van der Waals surface area contributed by atoms with Crippen LogP contribution in [0.4, 0.5) is 0 Å². The van der Waals surface area contributed by atoms with Crippen molar-refractivity contribution in [1.29, 1.82) is 0 Å². The highest BCUT2D eigenvalue weighted by Crippen LogP contribution is 2.33. The van der Waals surface area contributed by atoms with Gasteiger partial charge in [-0.2, -0.15) is 0 Å². The van der Waals surface area contributed by atoms with Crippen LogP contribution in [0.5, 0.6) is 0 Å². The van der Waals surface area contributed by atoms with Gasteiger partial charge in [-0.25, -0.2) is 8.42 Å². The first-order chi connectivity index (χ1) is 10.4. The molecule has 6 heteroatoms. The topological polar surface area (TPSA) is 71.4 Å². The Morgan fingerprint density at radius 2 is 1.73 bits per heavy atom. The molecular formula is C16H14O4S2. The van der Waals surface area contributed by atoms with Crippen LogP contribution in [0.25, 0.3) is 12.2 Å². The molecule has 4 nitrogen and oxygen atoms in total. The molecule has 0 radical (unpaired) electrons. The van der Waals surface area contributed by atoms with Crippen LogP contribution in [0.2, 0.25) is 0 Å². The molecule has 1 atom stereocenters. The molecule has 0 saturated carbocycles. The van der Waals surface area contributed by atoms with Gasteiger partial charge in [0, 0.05) is 22.0 Å². The lowest BCUT2D eigenvalue weighted by Crippen LogP contribution is -2.06. The SMILES string of the molecule is CS(=O)c1ccc2c(c1)C=Cc1ccc(CO)cc1S2(=O)=O. The molecule has 1 heterocycles. The maximum atomic E-state index is 12.9. The van der Waals surface area contributed by atoms with Gasteiger partial charge >= 0.3 is 0 Å². The lowest BCUT2D eigenvalue weighted by atomic mass is 10.1. The lowest BCUT2D eigenvalue weighted by molar-refractivity contribution is 0.281. The monoisotopic (exact) mass is 334 g/mol. The van der Waals surface area contributed by atoms with Crippen LogP contribution < -0.4 is 0 Å². The number of aliphatic hydroxyl groups is 1. The standard InChI is InChI=1S/C16H14O4S2/c1-21(18)14-6-7-15-13(9-14)5-4-12-3-2-11(10-17)8-16(12)22(15,19)20/h2-9,17H,10H2,1H3. The Morgan fingerprint density at radius 1 is 1.00 bits per heavy atom. The van der Waals surface area contributed by atoms with Crippen LogP contribution in [0, 0.1) is 0 Å². The third-order valence-electron chi connectivity index (χ3n) is 3.60. The fourth-order valence-electron chi connectivity index (χ4n) is 2.43. The molecule has 1 aliphatic heterocycles. The molecule has 2 aromatic carbocycles. The Labute approximate surface area is 131 Å². The van der Waals surface area contributed by atoms with Crippen LogP contribution >= 0.6 is 0 Å². The van der Waals surface area contributed by atoms with Crippen molar-refractivity contribution < 1.29 is 17.7 Å². The average molecular weight is 334 g/mol. The fraction of sp³-hybridized carbons (Fsp3) is 0.125. The van der Waals surface area contributed by atoms with E-state index in [9.17, 15) is 17.7 Å². The summed E-state index contributed by atoms with van der Waals surface area (Å²) in [4.78, 5) is 0.951. The van der Waals surface area contributed by atoms with E-state index in [2.05, 4.69) is 0 Å². The molecule has 0 aromatic heterocycles. The summed E-state index contributed by atoms with van der Waals surface area (Å²) in [6.07, 6.45) is 4.99. The van der Waals surface area contributed by atoms with E-state index in [0.29, 0.717) is 21.6 Å². The first kappa shape index (κ1) is 15.1. The molecular weight excluding hydrogens is 320 g/mol. The van der Waals surface area contributed by atoms with Gasteiger partial charge in [0.05, 0.1) is 16.4 Å². The fourth-order valence-corrected chi connectivity index (χ4v) is 4.65. The summed E-state index contributed by atoms with van der Waals surface area (Å²) in [6, 6.07) is 9.57. The predicted molar refractivity (Wildman–Crippen MR) is 85.5 cm³/mol. The zero-order chi connectivity index (χ0) is 15.9. The zero-order valence-electron chi connectivity index (χ0n) is 11.8. The maximum Gasteiger partial charge on any atom is 0.207 e. The quantitative estimate of drug-likeness (QED) is 0.780. The van der Waals surface area contributed by atoms with Gasteiger partial charge in [-0.3, -0.25) is 4.21 Å². The third kappa shape index (κ3) is 2.43. The highest BCUT2D eigenvalue weighted by Gasteiger charge is 2.26. The molecule has 1 unspecified atom stereocenters. The zero-order valence-corrected chi connectivity index (χ0v) is 13.4. The molecule has 1 aliphatic rings. The minimum Gasteiger partial charge on any atom is -0.392 e. The molecule has 0 fully saturated rings. The van der Waals surface area contributed by atoms with Gasteiger partial charge in [-0.15, -0.1) is 0 Å². The second kappa shape index (κ2) is 5.46. The Hall–Kier alpha value is -1.76. The van der Waals surface area contributed by atoms with E-state index >= 15 is 0 Å². The second-order valence-corrected chi connectivity index (χ2v) is 8.29. The average Bonchev–Trinajstić information content (AvgIpc) is 2.62. The lowest BCUT2D eigenvalue weighted by Gasteiger charge is -2.10. The van der Waals surface area contributed by atoms with E-state index in [1.165, 1.54) is 12.1 Å². The van der Waals surface area contributed by atoms with E-state index in [1.54, 1.807) is 42.7 Å². The van der Waals surface area contributed by atoms with Gasteiger partial charge in [0.15, 0.2) is 0 Å². The normalized spacial score (nSPS) is 16.5. The number of fused-ring (bicyclic) bond motifs is 2. The van der Waals surface area contributed by atoms with Crippen molar-refractivity contribution in [3.8, 4) is 0 Å². The van der Waals surface area contributed by atoms with Gasteiger partial charge in [-0.1, -0.05) is 24.3 Å². The highest BCUT2D eigenvalue weighted by atomic mass is 32.2. The third-order valence-corrected chi connectivity index (χ3v) is 6.40. The van der Waals surface area contributed by atoms with Crippen LogP contribution in [0.3, 0.4) is 0 Å². The Balaban J connectivity index is 2.29. The van der Waals surface area contributed by atoms with Crippen molar-refractivity contribution in [2.75, 3.05) is 6.26 Å². The maximum absolute atomic E-state index is 12.9. The summed E-state index contributed by atoms with van der Waals surface area (Å²) in [5, 5.41) is 9.23. The van der Waals surface area contributed by atoms with E-state index in [0.717, 1.165) is 0 Å². The van der Waals surface area contributed by atoms with Crippen LogP contribution in [0.1, 0.15) is 16.7 Å². The largest absolute Gasteiger partial charge is 0.392 e. The summed E-state index contributed by atoms with van der Waals surface area (Å²) in [6.45, 7) is -0.215. The van der Waals surface area contributed by atoms with Crippen molar-refractivity contribution in [2.24, 2.45) is 0 Å². The minimum absolute atomic E-state index is 0.180. The van der Waals surface area contributed by atoms with Crippen molar-refractivity contribution in [3.05, 3.63) is 53.1 Å². The molecule has 0 bridgehead atoms.